The molecule has 1 aliphatic carbocycles. The van der Waals surface area contributed by atoms with Gasteiger partial charge in [-0.05, 0) is 30.2 Å². The average molecular weight is 290 g/mol. The predicted molar refractivity (Wildman–Crippen MR) is 77.7 cm³/mol. The first-order chi connectivity index (χ1) is 9.81. The molecule has 0 atom stereocenters. The van der Waals surface area contributed by atoms with Gasteiger partial charge in [0.15, 0.2) is 0 Å². The van der Waals surface area contributed by atoms with Crippen LogP contribution in [0.2, 0.25) is 0 Å². The topological polar surface area (TPSA) is 59.8 Å². The summed E-state index contributed by atoms with van der Waals surface area (Å²) < 4.78 is 1.73. The predicted octanol–water partition coefficient (Wildman–Crippen LogP) is 2.53. The van der Waals surface area contributed by atoms with Gasteiger partial charge in [-0.25, -0.2) is 4.68 Å². The van der Waals surface area contributed by atoms with E-state index >= 15 is 0 Å². The van der Waals surface area contributed by atoms with E-state index in [4.69, 9.17) is 0 Å². The number of rotatable bonds is 5. The summed E-state index contributed by atoms with van der Waals surface area (Å²) >= 11 is 1.62. The Morgan fingerprint density at radius 1 is 1.45 bits per heavy atom. The molecule has 2 aromatic heterocycles. The molecule has 1 saturated carbocycles. The van der Waals surface area contributed by atoms with Gasteiger partial charge < -0.3 is 5.32 Å². The summed E-state index contributed by atoms with van der Waals surface area (Å²) in [6.07, 6.45) is 7.44. The van der Waals surface area contributed by atoms with Crippen molar-refractivity contribution >= 4 is 17.2 Å². The molecule has 3 rings (SSSR count). The maximum atomic E-state index is 11.8. The van der Waals surface area contributed by atoms with Crippen LogP contribution < -0.4 is 5.32 Å². The number of hydrogen-bond acceptors (Lipinski definition) is 4. The molecule has 1 amide bonds. The highest BCUT2D eigenvalue weighted by Crippen LogP contribution is 2.27. The lowest BCUT2D eigenvalue weighted by atomic mass is 10.0. The van der Waals surface area contributed by atoms with Gasteiger partial charge >= 0.3 is 0 Å². The van der Waals surface area contributed by atoms with Crippen molar-refractivity contribution in [1.29, 1.82) is 0 Å². The van der Waals surface area contributed by atoms with Crippen LogP contribution in [0.3, 0.4) is 0 Å². The van der Waals surface area contributed by atoms with Crippen LogP contribution in [0.1, 0.15) is 37.8 Å². The number of nitrogens with one attached hydrogen (secondary N) is 1. The molecule has 2 heterocycles. The van der Waals surface area contributed by atoms with Crippen LogP contribution in [0, 0.1) is 5.92 Å². The number of aromatic nitrogens is 3. The standard InChI is InChI=1S/C14H18N4OS/c19-14(7-11-3-1-2-4-11)15-8-12-9-18(17-16-12)13-5-6-20-10-13/h5-6,9-11H,1-4,7-8H2,(H,15,19). The maximum Gasteiger partial charge on any atom is 0.220 e. The van der Waals surface area contributed by atoms with E-state index in [0.29, 0.717) is 18.9 Å². The molecule has 1 aliphatic rings. The molecule has 6 heteroatoms. The molecule has 106 valence electrons. The number of carbonyl (C=O) groups is 1. The molecule has 0 spiro atoms. The van der Waals surface area contributed by atoms with Crippen LogP contribution in [0.5, 0.6) is 0 Å². The molecule has 1 N–H and O–H groups in total. The maximum absolute atomic E-state index is 11.8. The number of hydrogen-bond donors (Lipinski definition) is 1. The molecule has 0 unspecified atom stereocenters. The zero-order valence-electron chi connectivity index (χ0n) is 11.3. The van der Waals surface area contributed by atoms with Crippen LogP contribution in [-0.4, -0.2) is 20.9 Å². The van der Waals surface area contributed by atoms with Gasteiger partial charge in [-0.3, -0.25) is 4.79 Å². The summed E-state index contributed by atoms with van der Waals surface area (Å²) in [5, 5.41) is 15.1. The smallest absolute Gasteiger partial charge is 0.220 e. The Bertz CT molecular complexity index is 558. The Labute approximate surface area is 122 Å². The highest BCUT2D eigenvalue weighted by Gasteiger charge is 2.18. The summed E-state index contributed by atoms with van der Waals surface area (Å²) in [7, 11) is 0. The molecular formula is C14H18N4OS. The summed E-state index contributed by atoms with van der Waals surface area (Å²) in [5.41, 5.74) is 1.79. The highest BCUT2D eigenvalue weighted by atomic mass is 32.1. The quantitative estimate of drug-likeness (QED) is 0.920. The second kappa shape index (κ2) is 6.17. The van der Waals surface area contributed by atoms with Gasteiger partial charge in [-0.15, -0.1) is 5.10 Å². The normalized spacial score (nSPS) is 15.6. The number of carbonyl (C=O) groups excluding carboxylic acids is 1. The lowest BCUT2D eigenvalue weighted by Gasteiger charge is -2.08. The third-order valence-electron chi connectivity index (χ3n) is 3.73. The minimum atomic E-state index is 0.127. The second-order valence-electron chi connectivity index (χ2n) is 5.27. The van der Waals surface area contributed by atoms with E-state index in [1.54, 1.807) is 16.0 Å². The largest absolute Gasteiger partial charge is 0.350 e. The zero-order chi connectivity index (χ0) is 13.8. The first-order valence-electron chi connectivity index (χ1n) is 7.02. The fourth-order valence-electron chi connectivity index (χ4n) is 2.63. The van der Waals surface area contributed by atoms with Gasteiger partial charge in [0.2, 0.25) is 5.91 Å². The van der Waals surface area contributed by atoms with E-state index in [-0.39, 0.29) is 5.91 Å². The van der Waals surface area contributed by atoms with Crippen LogP contribution >= 0.6 is 11.3 Å². The molecule has 1 fully saturated rings. The summed E-state index contributed by atoms with van der Waals surface area (Å²) in [5.74, 6) is 0.707. The number of amides is 1. The monoisotopic (exact) mass is 290 g/mol. The summed E-state index contributed by atoms with van der Waals surface area (Å²) in [6.45, 7) is 0.454. The molecule has 0 aromatic carbocycles. The van der Waals surface area contributed by atoms with E-state index in [0.717, 1.165) is 11.4 Å². The molecule has 0 bridgehead atoms. The van der Waals surface area contributed by atoms with E-state index < -0.39 is 0 Å². The van der Waals surface area contributed by atoms with Gasteiger partial charge in [0.05, 0.1) is 18.4 Å². The van der Waals surface area contributed by atoms with Crippen molar-refractivity contribution in [2.45, 2.75) is 38.6 Å². The van der Waals surface area contributed by atoms with E-state index in [2.05, 4.69) is 15.6 Å². The van der Waals surface area contributed by atoms with Crippen LogP contribution in [-0.2, 0) is 11.3 Å². The molecule has 20 heavy (non-hydrogen) atoms. The fourth-order valence-corrected chi connectivity index (χ4v) is 3.25. The second-order valence-corrected chi connectivity index (χ2v) is 6.05. The van der Waals surface area contributed by atoms with Crippen molar-refractivity contribution in [2.24, 2.45) is 5.92 Å². The van der Waals surface area contributed by atoms with Gasteiger partial charge in [-0.1, -0.05) is 18.1 Å². The number of nitrogens with zero attached hydrogens (tertiary/aromatic N) is 3. The van der Waals surface area contributed by atoms with Gasteiger partial charge in [0.25, 0.3) is 0 Å². The third-order valence-corrected chi connectivity index (χ3v) is 4.40. The van der Waals surface area contributed by atoms with Gasteiger partial charge in [0.1, 0.15) is 5.69 Å². The first-order valence-corrected chi connectivity index (χ1v) is 7.96. The van der Waals surface area contributed by atoms with Gasteiger partial charge in [-0.2, -0.15) is 11.3 Å². The molecular weight excluding hydrogens is 272 g/mol. The molecule has 0 aliphatic heterocycles. The number of thiophene rings is 1. The first kappa shape index (κ1) is 13.3. The van der Waals surface area contributed by atoms with Crippen molar-refractivity contribution < 1.29 is 4.79 Å². The summed E-state index contributed by atoms with van der Waals surface area (Å²) in [4.78, 5) is 11.8. The lowest BCUT2D eigenvalue weighted by molar-refractivity contribution is -0.122. The summed E-state index contributed by atoms with van der Waals surface area (Å²) in [6, 6.07) is 1.99. The third kappa shape index (κ3) is 3.25. The minimum Gasteiger partial charge on any atom is -0.350 e. The van der Waals surface area contributed by atoms with Crippen molar-refractivity contribution in [1.82, 2.24) is 20.3 Å². The Morgan fingerprint density at radius 2 is 2.30 bits per heavy atom. The van der Waals surface area contributed by atoms with Crippen molar-refractivity contribution in [3.05, 3.63) is 28.7 Å². The fraction of sp³-hybridized carbons (Fsp3) is 0.500. The van der Waals surface area contributed by atoms with E-state index in [9.17, 15) is 4.79 Å². The Morgan fingerprint density at radius 3 is 3.05 bits per heavy atom. The van der Waals surface area contributed by atoms with Crippen molar-refractivity contribution in [2.75, 3.05) is 0 Å². The SMILES string of the molecule is O=C(CC1CCCC1)NCc1cn(-c2ccsc2)nn1. The molecule has 0 saturated heterocycles. The Hall–Kier alpha value is -1.69. The molecule has 0 radical (unpaired) electrons. The lowest BCUT2D eigenvalue weighted by Crippen LogP contribution is -2.24. The Kier molecular flexibility index (Phi) is 4.11. The minimum absolute atomic E-state index is 0.127. The zero-order valence-corrected chi connectivity index (χ0v) is 12.1. The average Bonchev–Trinajstić information content (AvgIpc) is 3.18. The van der Waals surface area contributed by atoms with Crippen molar-refractivity contribution in [3.8, 4) is 5.69 Å². The van der Waals surface area contributed by atoms with Crippen LogP contribution in [0.15, 0.2) is 23.0 Å². The van der Waals surface area contributed by atoms with Crippen molar-refractivity contribution in [3.63, 3.8) is 0 Å². The van der Waals surface area contributed by atoms with E-state index in [1.165, 1.54) is 25.7 Å². The molecule has 2 aromatic rings. The Balaban J connectivity index is 1.49. The van der Waals surface area contributed by atoms with Crippen LogP contribution in [0.25, 0.3) is 5.69 Å². The van der Waals surface area contributed by atoms with E-state index in [1.807, 2.05) is 23.0 Å². The van der Waals surface area contributed by atoms with Crippen LogP contribution in [0.4, 0.5) is 0 Å². The highest BCUT2D eigenvalue weighted by molar-refractivity contribution is 7.08. The molecule has 5 nitrogen and oxygen atoms in total. The van der Waals surface area contributed by atoms with Gasteiger partial charge in [0, 0.05) is 11.8 Å².